The molecule has 192 valence electrons. The van der Waals surface area contributed by atoms with Crippen LogP contribution in [-0.2, 0) is 21.7 Å². The highest BCUT2D eigenvalue weighted by Crippen LogP contribution is 2.36. The van der Waals surface area contributed by atoms with E-state index in [-0.39, 0.29) is 6.09 Å². The number of amides is 1. The van der Waals surface area contributed by atoms with E-state index in [1.165, 1.54) is 0 Å². The molecule has 0 N–H and O–H groups in total. The molecule has 1 amide bonds. The van der Waals surface area contributed by atoms with Gasteiger partial charge in [-0.25, -0.2) is 14.8 Å². The van der Waals surface area contributed by atoms with E-state index in [0.29, 0.717) is 26.2 Å². The molecular weight excluding hydrogens is 472 g/mol. The third-order valence-electron chi connectivity index (χ3n) is 6.33. The van der Waals surface area contributed by atoms with Gasteiger partial charge in [-0.1, -0.05) is 19.6 Å². The van der Waals surface area contributed by atoms with Crippen LogP contribution >= 0.6 is 0 Å². The van der Waals surface area contributed by atoms with Gasteiger partial charge >= 0.3 is 6.09 Å². The summed E-state index contributed by atoms with van der Waals surface area (Å²) >= 11 is 0. The molecule has 0 bridgehead atoms. The minimum absolute atomic E-state index is 0.296. The van der Waals surface area contributed by atoms with Crippen molar-refractivity contribution < 1.29 is 14.3 Å². The second-order valence-electron chi connectivity index (χ2n) is 11.8. The molecule has 3 aromatic heterocycles. The number of ether oxygens (including phenoxy) is 2. The number of likely N-dealkylation sites (tertiary alicyclic amines) is 1. The quantitative estimate of drug-likeness (QED) is 0.311. The average molecular weight is 509 g/mol. The summed E-state index contributed by atoms with van der Waals surface area (Å²) in [6.45, 7) is 14.6. The van der Waals surface area contributed by atoms with Gasteiger partial charge in [0.15, 0.2) is 0 Å². The van der Waals surface area contributed by atoms with Crippen molar-refractivity contribution in [3.8, 4) is 17.3 Å². The van der Waals surface area contributed by atoms with Crippen LogP contribution in [0.25, 0.3) is 22.3 Å². The minimum Gasteiger partial charge on any atom is -0.444 e. The Kier molecular flexibility index (Phi) is 6.99. The lowest BCUT2D eigenvalue weighted by Crippen LogP contribution is -2.64. The molecule has 1 saturated heterocycles. The van der Waals surface area contributed by atoms with Gasteiger partial charge in [0.25, 0.3) is 0 Å². The maximum absolute atomic E-state index is 12.5. The second-order valence-corrected chi connectivity index (χ2v) is 17.4. The predicted molar refractivity (Wildman–Crippen MR) is 141 cm³/mol. The highest BCUT2D eigenvalue weighted by molar-refractivity contribution is 6.76. The molecule has 10 heteroatoms. The summed E-state index contributed by atoms with van der Waals surface area (Å²) < 4.78 is 15.5. The maximum atomic E-state index is 12.5. The molecule has 4 heterocycles. The van der Waals surface area contributed by atoms with Crippen LogP contribution in [0.4, 0.5) is 4.79 Å². The van der Waals surface area contributed by atoms with Crippen LogP contribution in [0.5, 0.6) is 0 Å². The van der Waals surface area contributed by atoms with Crippen molar-refractivity contribution in [2.75, 3.05) is 19.7 Å². The molecule has 1 aliphatic heterocycles. The SMILES string of the molecule is CC(C)(C)OC(=O)N1CC(CC#N)(n2ccc(-c3ncnc4c3ccn4COCC[Si](C)(C)C)c2)C1. The van der Waals surface area contributed by atoms with E-state index in [0.717, 1.165) is 34.9 Å². The molecule has 3 aromatic rings. The molecule has 0 radical (unpaired) electrons. The summed E-state index contributed by atoms with van der Waals surface area (Å²) in [4.78, 5) is 23.2. The molecule has 4 rings (SSSR count). The summed E-state index contributed by atoms with van der Waals surface area (Å²) in [5.41, 5.74) is 1.56. The lowest BCUT2D eigenvalue weighted by Gasteiger charge is -2.49. The Morgan fingerprint density at radius 2 is 1.94 bits per heavy atom. The Morgan fingerprint density at radius 3 is 2.61 bits per heavy atom. The number of hydrogen-bond acceptors (Lipinski definition) is 6. The normalized spacial score (nSPS) is 15.5. The molecule has 0 unspecified atom stereocenters. The summed E-state index contributed by atoms with van der Waals surface area (Å²) in [6, 6.07) is 7.43. The minimum atomic E-state index is -1.14. The van der Waals surface area contributed by atoms with Crippen molar-refractivity contribution in [3.63, 3.8) is 0 Å². The molecule has 0 aromatic carbocycles. The summed E-state index contributed by atoms with van der Waals surface area (Å²) in [7, 11) is -1.14. The lowest BCUT2D eigenvalue weighted by atomic mass is 9.86. The number of nitrogens with zero attached hydrogens (tertiary/aromatic N) is 6. The Morgan fingerprint density at radius 1 is 1.19 bits per heavy atom. The van der Waals surface area contributed by atoms with Crippen LogP contribution in [-0.4, -0.2) is 63.5 Å². The van der Waals surface area contributed by atoms with Gasteiger partial charge in [0.1, 0.15) is 24.3 Å². The number of rotatable bonds is 8. The fourth-order valence-corrected chi connectivity index (χ4v) is 5.10. The number of carbonyl (C=O) groups excluding carboxylic acids is 1. The topological polar surface area (TPSA) is 98.2 Å². The fourth-order valence-electron chi connectivity index (χ4n) is 4.34. The van der Waals surface area contributed by atoms with Crippen molar-refractivity contribution in [1.82, 2.24) is 24.0 Å². The molecule has 0 atom stereocenters. The third-order valence-corrected chi connectivity index (χ3v) is 8.03. The van der Waals surface area contributed by atoms with E-state index >= 15 is 0 Å². The number of aromatic nitrogens is 4. The molecular formula is C26H36N6O3Si. The Bertz CT molecular complexity index is 1270. The van der Waals surface area contributed by atoms with Crippen LogP contribution in [0.2, 0.25) is 25.7 Å². The molecule has 0 saturated carbocycles. The smallest absolute Gasteiger partial charge is 0.410 e. The highest BCUT2D eigenvalue weighted by atomic mass is 28.3. The van der Waals surface area contributed by atoms with Crippen molar-refractivity contribution >= 4 is 25.2 Å². The van der Waals surface area contributed by atoms with Crippen molar-refractivity contribution in [2.45, 2.75) is 70.7 Å². The van der Waals surface area contributed by atoms with Gasteiger partial charge in [0.05, 0.1) is 36.8 Å². The number of fused-ring (bicyclic) bond motifs is 1. The largest absolute Gasteiger partial charge is 0.444 e. The Hall–Kier alpha value is -3.16. The van der Waals surface area contributed by atoms with Gasteiger partial charge in [-0.05, 0) is 38.9 Å². The predicted octanol–water partition coefficient (Wildman–Crippen LogP) is 5.07. The zero-order valence-corrected chi connectivity index (χ0v) is 23.1. The van der Waals surface area contributed by atoms with Crippen LogP contribution in [0.3, 0.4) is 0 Å². The van der Waals surface area contributed by atoms with E-state index in [9.17, 15) is 10.1 Å². The first-order chi connectivity index (χ1) is 16.9. The zero-order valence-electron chi connectivity index (χ0n) is 22.1. The zero-order chi connectivity index (χ0) is 26.1. The van der Waals surface area contributed by atoms with Crippen LogP contribution in [0.15, 0.2) is 37.1 Å². The highest BCUT2D eigenvalue weighted by Gasteiger charge is 2.47. The monoisotopic (exact) mass is 508 g/mol. The lowest BCUT2D eigenvalue weighted by molar-refractivity contribution is -0.0274. The first-order valence-electron chi connectivity index (χ1n) is 12.3. The Balaban J connectivity index is 1.51. The van der Waals surface area contributed by atoms with Crippen molar-refractivity contribution in [3.05, 3.63) is 37.1 Å². The summed E-state index contributed by atoms with van der Waals surface area (Å²) in [6.07, 6.45) is 7.47. The van der Waals surface area contributed by atoms with Gasteiger partial charge < -0.3 is 23.5 Å². The van der Waals surface area contributed by atoms with Crippen LogP contribution < -0.4 is 0 Å². The average Bonchev–Trinajstić information content (AvgIpc) is 3.39. The number of hydrogen-bond donors (Lipinski definition) is 0. The third kappa shape index (κ3) is 5.63. The second kappa shape index (κ2) is 9.71. The molecule has 0 aliphatic carbocycles. The Labute approximate surface area is 213 Å². The first-order valence-corrected chi connectivity index (χ1v) is 16.0. The number of nitriles is 1. The van der Waals surface area contributed by atoms with E-state index < -0.39 is 19.2 Å². The summed E-state index contributed by atoms with van der Waals surface area (Å²) in [5, 5.41) is 10.5. The van der Waals surface area contributed by atoms with E-state index in [1.807, 2.05) is 60.6 Å². The maximum Gasteiger partial charge on any atom is 0.410 e. The fraction of sp³-hybridized carbons (Fsp3) is 0.538. The van der Waals surface area contributed by atoms with Gasteiger partial charge in [-0.15, -0.1) is 0 Å². The van der Waals surface area contributed by atoms with Gasteiger partial charge in [0.2, 0.25) is 0 Å². The van der Waals surface area contributed by atoms with E-state index in [2.05, 4.69) is 35.7 Å². The molecule has 1 fully saturated rings. The van der Waals surface area contributed by atoms with Gasteiger partial charge in [-0.3, -0.25) is 0 Å². The molecule has 36 heavy (non-hydrogen) atoms. The van der Waals surface area contributed by atoms with Crippen LogP contribution in [0, 0.1) is 11.3 Å². The van der Waals surface area contributed by atoms with Crippen molar-refractivity contribution in [2.24, 2.45) is 0 Å². The summed E-state index contributed by atoms with van der Waals surface area (Å²) in [5.74, 6) is 0. The molecule has 0 spiro atoms. The standard InChI is InChI=1S/C26H36N6O3Si/c1-25(2,3)35-24(33)31-16-26(17-31,9-10-27)32-12-7-20(15-32)22-21-8-11-30(23(21)29-18-28-22)19-34-13-14-36(4,5)6/h7-8,11-12,15,18H,9,13-14,16-17,19H2,1-6H3. The van der Waals surface area contributed by atoms with Crippen molar-refractivity contribution in [1.29, 1.82) is 5.26 Å². The first kappa shape index (κ1) is 25.9. The van der Waals surface area contributed by atoms with Gasteiger partial charge in [-0.2, -0.15) is 5.26 Å². The van der Waals surface area contributed by atoms with E-state index in [1.54, 1.807) is 11.2 Å². The van der Waals surface area contributed by atoms with Crippen LogP contribution in [0.1, 0.15) is 27.2 Å². The molecule has 1 aliphatic rings. The van der Waals surface area contributed by atoms with E-state index in [4.69, 9.17) is 9.47 Å². The number of carbonyl (C=O) groups is 1. The molecule has 9 nitrogen and oxygen atoms in total. The van der Waals surface area contributed by atoms with Gasteiger partial charge in [0, 0.05) is 44.2 Å².